The molecule has 2 unspecified atom stereocenters. The zero-order valence-corrected chi connectivity index (χ0v) is 10.7. The zero-order chi connectivity index (χ0) is 11.8. The molecule has 0 aliphatic carbocycles. The molecule has 0 amide bonds. The minimum Gasteiger partial charge on any atom is -0.380 e. The summed E-state index contributed by atoms with van der Waals surface area (Å²) in [7, 11) is 0. The molecule has 1 saturated heterocycles. The lowest BCUT2D eigenvalue weighted by Gasteiger charge is -2.37. The summed E-state index contributed by atoms with van der Waals surface area (Å²) in [5.41, 5.74) is 5.62. The van der Waals surface area contributed by atoms with Gasteiger partial charge in [-0.05, 0) is 13.3 Å². The molecule has 1 rings (SSSR count). The van der Waals surface area contributed by atoms with Gasteiger partial charge < -0.3 is 15.2 Å². The summed E-state index contributed by atoms with van der Waals surface area (Å²) in [4.78, 5) is 2.41. The molecule has 1 aliphatic rings. The number of rotatable bonds is 7. The van der Waals surface area contributed by atoms with Gasteiger partial charge in [-0.25, -0.2) is 0 Å². The fourth-order valence-electron chi connectivity index (χ4n) is 1.86. The number of hydrogen-bond donors (Lipinski definition) is 1. The number of nitrogens with zero attached hydrogens (tertiary/aromatic N) is 1. The highest BCUT2D eigenvalue weighted by atomic mass is 16.5. The molecule has 0 bridgehead atoms. The molecule has 0 spiro atoms. The standard InChI is InChI=1S/C12H26N2O2/c1-3-4-6-15-7-5-14-9-12(8-13)16-10-11(14)2/h11-12H,3-10,13H2,1-2H3. The van der Waals surface area contributed by atoms with Crippen LogP contribution in [-0.2, 0) is 9.47 Å². The summed E-state index contributed by atoms with van der Waals surface area (Å²) in [6.07, 6.45) is 2.56. The van der Waals surface area contributed by atoms with E-state index in [4.69, 9.17) is 15.2 Å². The predicted molar refractivity (Wildman–Crippen MR) is 65.6 cm³/mol. The Bertz CT molecular complexity index is 178. The summed E-state index contributed by atoms with van der Waals surface area (Å²) >= 11 is 0. The maximum atomic E-state index is 5.62. The second-order valence-corrected chi connectivity index (χ2v) is 4.50. The van der Waals surface area contributed by atoms with Crippen LogP contribution in [0.3, 0.4) is 0 Å². The van der Waals surface area contributed by atoms with E-state index in [1.165, 1.54) is 6.42 Å². The molecule has 2 atom stereocenters. The molecule has 0 aromatic carbocycles. The largest absolute Gasteiger partial charge is 0.380 e. The average Bonchev–Trinajstić information content (AvgIpc) is 2.31. The van der Waals surface area contributed by atoms with E-state index in [0.717, 1.165) is 39.3 Å². The van der Waals surface area contributed by atoms with Crippen LogP contribution in [0, 0.1) is 0 Å². The van der Waals surface area contributed by atoms with Crippen LogP contribution < -0.4 is 5.73 Å². The van der Waals surface area contributed by atoms with Crippen molar-refractivity contribution in [2.75, 3.05) is 39.5 Å². The van der Waals surface area contributed by atoms with E-state index in [9.17, 15) is 0 Å². The van der Waals surface area contributed by atoms with E-state index in [-0.39, 0.29) is 6.10 Å². The molecule has 1 aliphatic heterocycles. The molecule has 1 fully saturated rings. The van der Waals surface area contributed by atoms with Crippen LogP contribution >= 0.6 is 0 Å². The van der Waals surface area contributed by atoms with Crippen LogP contribution in [0.25, 0.3) is 0 Å². The van der Waals surface area contributed by atoms with Crippen LogP contribution in [0.1, 0.15) is 26.7 Å². The van der Waals surface area contributed by atoms with Gasteiger partial charge in [-0.2, -0.15) is 0 Å². The van der Waals surface area contributed by atoms with Crippen molar-refractivity contribution in [3.05, 3.63) is 0 Å². The van der Waals surface area contributed by atoms with Crippen molar-refractivity contribution < 1.29 is 9.47 Å². The Morgan fingerprint density at radius 2 is 2.25 bits per heavy atom. The Labute approximate surface area is 99.1 Å². The van der Waals surface area contributed by atoms with Crippen molar-refractivity contribution in [2.45, 2.75) is 38.8 Å². The molecule has 16 heavy (non-hydrogen) atoms. The van der Waals surface area contributed by atoms with Gasteiger partial charge in [-0.1, -0.05) is 13.3 Å². The third kappa shape index (κ3) is 4.78. The molecule has 4 heteroatoms. The number of ether oxygens (including phenoxy) is 2. The van der Waals surface area contributed by atoms with Crippen molar-refractivity contribution in [3.63, 3.8) is 0 Å². The average molecular weight is 230 g/mol. The lowest BCUT2D eigenvalue weighted by molar-refractivity contribution is -0.0607. The van der Waals surface area contributed by atoms with Crippen LogP contribution in [0.5, 0.6) is 0 Å². The summed E-state index contributed by atoms with van der Waals surface area (Å²) in [5.74, 6) is 0. The number of hydrogen-bond acceptors (Lipinski definition) is 4. The monoisotopic (exact) mass is 230 g/mol. The fourth-order valence-corrected chi connectivity index (χ4v) is 1.86. The minimum atomic E-state index is 0.201. The molecule has 96 valence electrons. The summed E-state index contributed by atoms with van der Waals surface area (Å²) in [6, 6.07) is 0.484. The van der Waals surface area contributed by atoms with Gasteiger partial charge in [0.1, 0.15) is 0 Å². The third-order valence-electron chi connectivity index (χ3n) is 3.06. The van der Waals surface area contributed by atoms with Gasteiger partial charge in [-0.15, -0.1) is 0 Å². The van der Waals surface area contributed by atoms with Crippen molar-refractivity contribution in [1.29, 1.82) is 0 Å². The lowest BCUT2D eigenvalue weighted by atomic mass is 10.2. The van der Waals surface area contributed by atoms with E-state index in [2.05, 4.69) is 18.7 Å². The first-order valence-corrected chi connectivity index (χ1v) is 6.41. The maximum Gasteiger partial charge on any atom is 0.0824 e. The first-order valence-electron chi connectivity index (χ1n) is 6.41. The van der Waals surface area contributed by atoms with Gasteiger partial charge in [0.05, 0.1) is 19.3 Å². The Balaban J connectivity index is 2.13. The Morgan fingerprint density at radius 3 is 2.94 bits per heavy atom. The van der Waals surface area contributed by atoms with Gasteiger partial charge in [0.25, 0.3) is 0 Å². The minimum absolute atomic E-state index is 0.201. The quantitative estimate of drug-likeness (QED) is 0.659. The topological polar surface area (TPSA) is 47.7 Å². The molecule has 0 radical (unpaired) electrons. The molecule has 0 saturated carbocycles. The first-order chi connectivity index (χ1) is 7.77. The maximum absolute atomic E-state index is 5.62. The molecule has 0 aromatic heterocycles. The number of morpholine rings is 1. The van der Waals surface area contributed by atoms with Crippen LogP contribution in [0.15, 0.2) is 0 Å². The second kappa shape index (κ2) is 8.01. The zero-order valence-electron chi connectivity index (χ0n) is 10.7. The highest BCUT2D eigenvalue weighted by Crippen LogP contribution is 2.10. The second-order valence-electron chi connectivity index (χ2n) is 4.50. The highest BCUT2D eigenvalue weighted by molar-refractivity contribution is 4.77. The van der Waals surface area contributed by atoms with Crippen molar-refractivity contribution in [3.8, 4) is 0 Å². The Hall–Kier alpha value is -0.160. The summed E-state index contributed by atoms with van der Waals surface area (Å²) < 4.78 is 11.2. The molecule has 4 nitrogen and oxygen atoms in total. The van der Waals surface area contributed by atoms with Gasteiger partial charge in [0.15, 0.2) is 0 Å². The van der Waals surface area contributed by atoms with Gasteiger partial charge in [-0.3, -0.25) is 4.90 Å². The normalized spacial score (nSPS) is 27.2. The van der Waals surface area contributed by atoms with Crippen LogP contribution in [-0.4, -0.2) is 56.5 Å². The smallest absolute Gasteiger partial charge is 0.0824 e. The Kier molecular flexibility index (Phi) is 6.96. The number of nitrogens with two attached hydrogens (primary N) is 1. The van der Waals surface area contributed by atoms with E-state index in [1.54, 1.807) is 0 Å². The van der Waals surface area contributed by atoms with Crippen molar-refractivity contribution in [1.82, 2.24) is 4.90 Å². The summed E-state index contributed by atoms with van der Waals surface area (Å²) in [5, 5.41) is 0. The van der Waals surface area contributed by atoms with Crippen molar-refractivity contribution >= 4 is 0 Å². The van der Waals surface area contributed by atoms with Gasteiger partial charge in [0, 0.05) is 32.3 Å². The third-order valence-corrected chi connectivity index (χ3v) is 3.06. The molecular formula is C12H26N2O2. The molecule has 1 heterocycles. The SMILES string of the molecule is CCCCOCCN1CC(CN)OCC1C. The summed E-state index contributed by atoms with van der Waals surface area (Å²) in [6.45, 7) is 9.41. The molecule has 2 N–H and O–H groups in total. The van der Waals surface area contributed by atoms with Crippen LogP contribution in [0.4, 0.5) is 0 Å². The molecule has 0 aromatic rings. The van der Waals surface area contributed by atoms with E-state index < -0.39 is 0 Å². The van der Waals surface area contributed by atoms with Crippen molar-refractivity contribution in [2.24, 2.45) is 5.73 Å². The Morgan fingerprint density at radius 1 is 1.44 bits per heavy atom. The predicted octanol–water partition coefficient (Wildman–Crippen LogP) is 0.851. The van der Waals surface area contributed by atoms with Crippen LogP contribution in [0.2, 0.25) is 0 Å². The van der Waals surface area contributed by atoms with Gasteiger partial charge in [0.2, 0.25) is 0 Å². The van der Waals surface area contributed by atoms with E-state index >= 15 is 0 Å². The fraction of sp³-hybridized carbons (Fsp3) is 1.00. The van der Waals surface area contributed by atoms with E-state index in [1.807, 2.05) is 0 Å². The first kappa shape index (κ1) is 13.9. The molecular weight excluding hydrogens is 204 g/mol. The van der Waals surface area contributed by atoms with E-state index in [0.29, 0.717) is 12.6 Å². The lowest BCUT2D eigenvalue weighted by Crippen LogP contribution is -2.51. The van der Waals surface area contributed by atoms with Gasteiger partial charge >= 0.3 is 0 Å². The highest BCUT2D eigenvalue weighted by Gasteiger charge is 2.24. The number of unbranched alkanes of at least 4 members (excludes halogenated alkanes) is 1.